The molecule has 10 heteroatoms. The fourth-order valence-electron chi connectivity index (χ4n) is 2.23. The number of nitriles is 1. The van der Waals surface area contributed by atoms with Crippen LogP contribution in [0.4, 0.5) is 13.2 Å². The van der Waals surface area contributed by atoms with Gasteiger partial charge in [-0.2, -0.15) is 18.4 Å². The van der Waals surface area contributed by atoms with Crippen molar-refractivity contribution in [2.24, 2.45) is 7.05 Å². The number of hydrogen-bond donors (Lipinski definition) is 0. The highest BCUT2D eigenvalue weighted by Crippen LogP contribution is 2.36. The molecule has 0 aliphatic heterocycles. The molecule has 146 valence electrons. The standard InChI is InChI=1S/C18H15BrF3N5O/c1-4-13(14(18(20,21)22)7-11(2)8-23)17-26-25-15(27(17)3)10-28-16-6-5-12(19)9-24-16/h4-7,9H,2,10H2,1,3H3/b13-4+,14-7+. The minimum Gasteiger partial charge on any atom is -0.469 e. The summed E-state index contributed by atoms with van der Waals surface area (Å²) in [5.41, 5.74) is -1.57. The van der Waals surface area contributed by atoms with E-state index in [-0.39, 0.29) is 23.6 Å². The molecule has 0 aliphatic carbocycles. The molecule has 2 aromatic rings. The third-order valence-electron chi connectivity index (χ3n) is 3.60. The maximum atomic E-state index is 13.5. The van der Waals surface area contributed by atoms with Gasteiger partial charge in [0.15, 0.2) is 11.6 Å². The second-order valence-corrected chi connectivity index (χ2v) is 6.41. The molecule has 0 saturated carbocycles. The summed E-state index contributed by atoms with van der Waals surface area (Å²) in [6.45, 7) is 4.70. The van der Waals surface area contributed by atoms with Gasteiger partial charge in [0.25, 0.3) is 0 Å². The van der Waals surface area contributed by atoms with E-state index in [4.69, 9.17) is 10.00 Å². The second kappa shape index (κ2) is 8.84. The van der Waals surface area contributed by atoms with E-state index in [1.54, 1.807) is 24.4 Å². The summed E-state index contributed by atoms with van der Waals surface area (Å²) in [5.74, 6) is 0.624. The molecule has 28 heavy (non-hydrogen) atoms. The summed E-state index contributed by atoms with van der Waals surface area (Å²) < 4.78 is 48.2. The maximum Gasteiger partial charge on any atom is 0.417 e. The van der Waals surface area contributed by atoms with Gasteiger partial charge in [-0.25, -0.2) is 4.98 Å². The van der Waals surface area contributed by atoms with E-state index in [0.717, 1.165) is 4.47 Å². The van der Waals surface area contributed by atoms with E-state index in [1.807, 2.05) is 0 Å². The molecule has 0 aliphatic rings. The lowest BCUT2D eigenvalue weighted by molar-refractivity contribution is -0.0871. The minimum atomic E-state index is -4.70. The predicted octanol–water partition coefficient (Wildman–Crippen LogP) is 4.52. The van der Waals surface area contributed by atoms with Gasteiger partial charge in [-0.1, -0.05) is 12.7 Å². The van der Waals surface area contributed by atoms with Gasteiger partial charge in [-0.3, -0.25) is 0 Å². The van der Waals surface area contributed by atoms with Crippen molar-refractivity contribution in [3.63, 3.8) is 0 Å². The molecule has 0 unspecified atom stereocenters. The summed E-state index contributed by atoms with van der Waals surface area (Å²) in [6.07, 6.45) is -1.20. The number of alkyl halides is 3. The number of aromatic nitrogens is 4. The van der Waals surface area contributed by atoms with Gasteiger partial charge < -0.3 is 9.30 Å². The van der Waals surface area contributed by atoms with E-state index < -0.39 is 11.7 Å². The Kier molecular flexibility index (Phi) is 6.75. The first-order valence-corrected chi connectivity index (χ1v) is 8.64. The molecule has 0 atom stereocenters. The van der Waals surface area contributed by atoms with Gasteiger partial charge in [0.2, 0.25) is 5.88 Å². The van der Waals surface area contributed by atoms with Crippen molar-refractivity contribution < 1.29 is 17.9 Å². The number of nitrogens with zero attached hydrogens (tertiary/aromatic N) is 5. The van der Waals surface area contributed by atoms with Crippen LogP contribution in [0.15, 0.2) is 52.7 Å². The largest absolute Gasteiger partial charge is 0.469 e. The molecule has 0 saturated heterocycles. The fourth-order valence-corrected chi connectivity index (χ4v) is 2.47. The van der Waals surface area contributed by atoms with Crippen molar-refractivity contribution in [3.8, 4) is 11.9 Å². The lowest BCUT2D eigenvalue weighted by Gasteiger charge is -2.15. The topological polar surface area (TPSA) is 76.6 Å². The molecule has 2 heterocycles. The Morgan fingerprint density at radius 1 is 1.39 bits per heavy atom. The van der Waals surface area contributed by atoms with Gasteiger partial charge in [0.05, 0.1) is 11.6 Å². The van der Waals surface area contributed by atoms with Crippen LogP contribution in [0.1, 0.15) is 18.6 Å². The van der Waals surface area contributed by atoms with Crippen LogP contribution in [0.25, 0.3) is 5.57 Å². The van der Waals surface area contributed by atoms with Crippen LogP contribution in [0.3, 0.4) is 0 Å². The molecule has 0 bridgehead atoms. The Morgan fingerprint density at radius 3 is 2.64 bits per heavy atom. The summed E-state index contributed by atoms with van der Waals surface area (Å²) in [4.78, 5) is 4.05. The average molecular weight is 454 g/mol. The van der Waals surface area contributed by atoms with Crippen molar-refractivity contribution in [2.75, 3.05) is 0 Å². The third-order valence-corrected chi connectivity index (χ3v) is 4.07. The number of hydrogen-bond acceptors (Lipinski definition) is 5. The Hall–Kier alpha value is -2.93. The normalized spacial score (nSPS) is 12.6. The summed E-state index contributed by atoms with van der Waals surface area (Å²) in [7, 11) is 1.53. The Bertz CT molecular complexity index is 969. The molecule has 0 spiro atoms. The highest BCUT2D eigenvalue weighted by Gasteiger charge is 2.37. The smallest absolute Gasteiger partial charge is 0.417 e. The van der Waals surface area contributed by atoms with Crippen molar-refractivity contribution in [3.05, 3.63) is 64.3 Å². The number of allylic oxidation sites excluding steroid dienone is 5. The highest BCUT2D eigenvalue weighted by molar-refractivity contribution is 9.10. The fraction of sp³-hybridized carbons (Fsp3) is 0.222. The van der Waals surface area contributed by atoms with Gasteiger partial charge >= 0.3 is 6.18 Å². The predicted molar refractivity (Wildman–Crippen MR) is 99.8 cm³/mol. The zero-order valence-corrected chi connectivity index (χ0v) is 16.5. The van der Waals surface area contributed by atoms with E-state index >= 15 is 0 Å². The van der Waals surface area contributed by atoms with Crippen LogP contribution in [-0.2, 0) is 13.7 Å². The molecule has 0 amide bonds. The molecular formula is C18H15BrF3N5O. The summed E-state index contributed by atoms with van der Waals surface area (Å²) in [5, 5.41) is 16.6. The second-order valence-electron chi connectivity index (χ2n) is 5.50. The number of halogens is 4. The lowest BCUT2D eigenvalue weighted by Crippen LogP contribution is -2.16. The Balaban J connectivity index is 2.33. The van der Waals surface area contributed by atoms with Gasteiger partial charge in [-0.05, 0) is 35.0 Å². The van der Waals surface area contributed by atoms with E-state index in [0.29, 0.717) is 17.8 Å². The van der Waals surface area contributed by atoms with Gasteiger partial charge in [-0.15, -0.1) is 10.2 Å². The first-order valence-electron chi connectivity index (χ1n) is 7.85. The zero-order chi connectivity index (χ0) is 20.9. The maximum absolute atomic E-state index is 13.5. The first kappa shape index (κ1) is 21.4. The Labute approximate surface area is 167 Å². The molecule has 6 nitrogen and oxygen atoms in total. The zero-order valence-electron chi connectivity index (χ0n) is 15.0. The van der Waals surface area contributed by atoms with E-state index in [9.17, 15) is 13.2 Å². The number of pyridine rings is 1. The SMILES string of the molecule is C=C(C#N)/C=C(\C(=C/C)c1nnc(COc2ccc(Br)cn2)n1C)C(F)(F)F. The molecule has 2 rings (SSSR count). The minimum absolute atomic E-state index is 0.0146. The quantitative estimate of drug-likeness (QED) is 0.474. The first-order chi connectivity index (χ1) is 13.2. The third kappa shape index (κ3) is 5.07. The van der Waals surface area contributed by atoms with Crippen LogP contribution in [0, 0.1) is 11.3 Å². The monoisotopic (exact) mass is 453 g/mol. The van der Waals surface area contributed by atoms with Crippen molar-refractivity contribution >= 4 is 21.5 Å². The number of ether oxygens (including phenoxy) is 1. The van der Waals surface area contributed by atoms with Gasteiger partial charge in [0, 0.05) is 34.9 Å². The van der Waals surface area contributed by atoms with Crippen molar-refractivity contribution in [1.29, 1.82) is 5.26 Å². The van der Waals surface area contributed by atoms with Crippen molar-refractivity contribution in [1.82, 2.24) is 19.7 Å². The molecule has 0 fully saturated rings. The lowest BCUT2D eigenvalue weighted by atomic mass is 10.0. The van der Waals surface area contributed by atoms with Crippen LogP contribution < -0.4 is 4.74 Å². The van der Waals surface area contributed by atoms with E-state index in [1.165, 1.54) is 24.6 Å². The molecule has 2 aromatic heterocycles. The van der Waals surface area contributed by atoms with Gasteiger partial charge in [0.1, 0.15) is 6.61 Å². The molecular weight excluding hydrogens is 439 g/mol. The molecule has 0 N–H and O–H groups in total. The van der Waals surface area contributed by atoms with Crippen LogP contribution in [0.5, 0.6) is 5.88 Å². The Morgan fingerprint density at radius 2 is 2.11 bits per heavy atom. The van der Waals surface area contributed by atoms with Crippen LogP contribution >= 0.6 is 15.9 Å². The van der Waals surface area contributed by atoms with E-state index in [2.05, 4.69) is 37.7 Å². The summed E-state index contributed by atoms with van der Waals surface area (Å²) >= 11 is 3.26. The van der Waals surface area contributed by atoms with Crippen molar-refractivity contribution in [2.45, 2.75) is 19.7 Å². The molecule has 0 radical (unpaired) electrons. The summed E-state index contributed by atoms with van der Waals surface area (Å²) in [6, 6.07) is 4.97. The number of rotatable bonds is 6. The molecule has 0 aromatic carbocycles. The highest BCUT2D eigenvalue weighted by atomic mass is 79.9. The average Bonchev–Trinajstić information content (AvgIpc) is 3.01. The van der Waals surface area contributed by atoms with Crippen LogP contribution in [0.2, 0.25) is 0 Å². The van der Waals surface area contributed by atoms with Crippen LogP contribution in [-0.4, -0.2) is 25.9 Å².